The normalized spacial score (nSPS) is 16.8. The van der Waals surface area contributed by atoms with Crippen LogP contribution >= 0.6 is 11.6 Å². The Morgan fingerprint density at radius 1 is 1.07 bits per heavy atom. The molecule has 2 N–H and O–H groups in total. The quantitative estimate of drug-likeness (QED) is 0.265. The average Bonchev–Trinajstić information content (AvgIpc) is 3.04. The van der Waals surface area contributed by atoms with Crippen LogP contribution < -0.4 is 10.9 Å². The second-order valence-corrected chi connectivity index (χ2v) is 13.2. The van der Waals surface area contributed by atoms with E-state index in [1.165, 1.54) is 10.9 Å². The van der Waals surface area contributed by atoms with Gasteiger partial charge in [0.1, 0.15) is 0 Å². The van der Waals surface area contributed by atoms with Gasteiger partial charge in [0, 0.05) is 42.2 Å². The second kappa shape index (κ2) is 12.9. The maximum Gasteiger partial charge on any atom is 0.261 e. The van der Waals surface area contributed by atoms with E-state index >= 15 is 0 Å². The van der Waals surface area contributed by atoms with Crippen molar-refractivity contribution in [3.63, 3.8) is 0 Å². The highest BCUT2D eigenvalue weighted by molar-refractivity contribution is 6.36. The smallest absolute Gasteiger partial charge is 0.261 e. The van der Waals surface area contributed by atoms with Crippen LogP contribution in [0.3, 0.4) is 0 Å². The Balaban J connectivity index is 0.972. The Morgan fingerprint density at radius 2 is 1.82 bits per heavy atom. The van der Waals surface area contributed by atoms with Gasteiger partial charge in [0.25, 0.3) is 11.5 Å². The number of hydrogen-bond donors (Lipinski definition) is 2. The van der Waals surface area contributed by atoms with Crippen LogP contribution in [0.25, 0.3) is 21.8 Å². The zero-order valence-electron chi connectivity index (χ0n) is 25.9. The minimum absolute atomic E-state index is 0.0455. The van der Waals surface area contributed by atoms with Crippen LogP contribution in [-0.2, 0) is 24.2 Å². The number of aromatic nitrogens is 3. The molecular weight excluding hydrogens is 590 g/mol. The molecule has 4 aromatic rings. The number of hydrogen-bond acceptors (Lipinski definition) is 6. The van der Waals surface area contributed by atoms with Crippen molar-refractivity contribution in [1.29, 1.82) is 0 Å². The Hall–Kier alpha value is -3.82. The fourth-order valence-electron chi connectivity index (χ4n) is 6.66. The van der Waals surface area contributed by atoms with Gasteiger partial charge in [-0.3, -0.25) is 23.9 Å². The lowest BCUT2D eigenvalue weighted by Gasteiger charge is -2.39. The van der Waals surface area contributed by atoms with Gasteiger partial charge >= 0.3 is 0 Å². The van der Waals surface area contributed by atoms with E-state index in [2.05, 4.69) is 10.3 Å². The summed E-state index contributed by atoms with van der Waals surface area (Å²) in [5, 5.41) is 16.4. The van der Waals surface area contributed by atoms with E-state index in [0.717, 1.165) is 58.4 Å². The number of benzene rings is 2. The number of carbonyl (C=O) groups is 2. The molecule has 3 heterocycles. The number of fused-ring (bicyclic) bond motifs is 3. The fraction of sp³-hybridized carbons (Fsp3) is 0.457. The van der Waals surface area contributed by atoms with Crippen molar-refractivity contribution in [1.82, 2.24) is 24.8 Å². The number of nitrogens with one attached hydrogen (secondary N) is 1. The summed E-state index contributed by atoms with van der Waals surface area (Å²) in [5.41, 5.74) is 3.89. The summed E-state index contributed by atoms with van der Waals surface area (Å²) in [6.45, 7) is 5.31. The highest BCUT2D eigenvalue weighted by Crippen LogP contribution is 2.33. The third-order valence-corrected chi connectivity index (χ3v) is 9.86. The summed E-state index contributed by atoms with van der Waals surface area (Å²) in [6.07, 6.45) is 7.67. The lowest BCUT2D eigenvalue weighted by Crippen LogP contribution is -2.50. The maximum atomic E-state index is 13.2. The number of nitrogens with zero attached hydrogens (tertiary/aromatic N) is 4. The molecule has 0 spiro atoms. The first kappa shape index (κ1) is 31.2. The van der Waals surface area contributed by atoms with Crippen molar-refractivity contribution >= 4 is 45.2 Å². The molecule has 1 unspecified atom stereocenters. The molecule has 9 nitrogen and oxygen atoms in total. The molecular formula is C35H40ClN5O4. The number of rotatable bonds is 8. The molecule has 1 atom stereocenters. The molecule has 236 valence electrons. The van der Waals surface area contributed by atoms with Gasteiger partial charge in [-0.1, -0.05) is 30.7 Å². The van der Waals surface area contributed by atoms with Crippen molar-refractivity contribution in [2.24, 2.45) is 5.92 Å². The Kier molecular flexibility index (Phi) is 8.93. The Morgan fingerprint density at radius 3 is 2.62 bits per heavy atom. The summed E-state index contributed by atoms with van der Waals surface area (Å²) < 4.78 is 1.47. The summed E-state index contributed by atoms with van der Waals surface area (Å²) in [4.78, 5) is 50.1. The molecule has 2 aromatic heterocycles. The lowest BCUT2D eigenvalue weighted by molar-refractivity contribution is -0.139. The van der Waals surface area contributed by atoms with Gasteiger partial charge in [0.05, 0.1) is 39.9 Å². The monoisotopic (exact) mass is 629 g/mol. The van der Waals surface area contributed by atoms with Crippen molar-refractivity contribution in [2.45, 2.75) is 77.4 Å². The van der Waals surface area contributed by atoms with Gasteiger partial charge in [-0.25, -0.2) is 4.98 Å². The van der Waals surface area contributed by atoms with Crippen LogP contribution in [0.1, 0.15) is 72.6 Å². The average molecular weight is 630 g/mol. The first-order chi connectivity index (χ1) is 21.6. The number of likely N-dealkylation sites (tertiary alicyclic amines) is 1. The zero-order valence-corrected chi connectivity index (χ0v) is 26.7. The zero-order chi connectivity index (χ0) is 31.7. The summed E-state index contributed by atoms with van der Waals surface area (Å²) in [6, 6.07) is 11.0. The predicted octanol–water partition coefficient (Wildman–Crippen LogP) is 4.99. The van der Waals surface area contributed by atoms with Gasteiger partial charge < -0.3 is 15.3 Å². The lowest BCUT2D eigenvalue weighted by atomic mass is 9.90. The van der Waals surface area contributed by atoms with E-state index in [1.807, 2.05) is 38.1 Å². The third-order valence-electron chi connectivity index (χ3n) is 9.43. The number of piperidine rings is 1. The predicted molar refractivity (Wildman–Crippen MR) is 176 cm³/mol. The van der Waals surface area contributed by atoms with E-state index < -0.39 is 5.60 Å². The minimum atomic E-state index is -1.09. The Bertz CT molecular complexity index is 1830. The van der Waals surface area contributed by atoms with E-state index in [1.54, 1.807) is 17.0 Å². The first-order valence-corrected chi connectivity index (χ1v) is 16.4. The largest absolute Gasteiger partial charge is 0.388 e. The molecule has 6 rings (SSSR count). The van der Waals surface area contributed by atoms with Crippen LogP contribution in [0, 0.1) is 12.8 Å². The fourth-order valence-corrected chi connectivity index (χ4v) is 7.02. The Labute approximate surface area is 267 Å². The molecule has 0 radical (unpaired) electrons. The van der Waals surface area contributed by atoms with Gasteiger partial charge in [-0.05, 0) is 93.7 Å². The van der Waals surface area contributed by atoms with E-state index in [9.17, 15) is 19.5 Å². The third kappa shape index (κ3) is 6.60. The SMILES string of the molecule is Cc1ccc2c(=O)n(CC3(O)CCN(C(=O)C(C)CCCNC(=O)c4ccc5c(Cl)c6c(nc5c4)CCCC6)CC3)cnc2c1. The van der Waals surface area contributed by atoms with E-state index in [0.29, 0.717) is 61.8 Å². The van der Waals surface area contributed by atoms with Gasteiger partial charge in [-0.15, -0.1) is 0 Å². The van der Waals surface area contributed by atoms with Gasteiger partial charge in [0.15, 0.2) is 0 Å². The maximum absolute atomic E-state index is 13.2. The number of aryl methyl sites for hydroxylation is 2. The molecule has 2 amide bonds. The molecule has 2 aromatic carbocycles. The summed E-state index contributed by atoms with van der Waals surface area (Å²) >= 11 is 6.68. The van der Waals surface area contributed by atoms with Crippen LogP contribution in [0.5, 0.6) is 0 Å². The number of aliphatic hydroxyl groups is 1. The van der Waals surface area contributed by atoms with Crippen molar-refractivity contribution in [3.05, 3.63) is 80.5 Å². The van der Waals surface area contributed by atoms with Gasteiger partial charge in [-0.2, -0.15) is 0 Å². The highest BCUT2D eigenvalue weighted by Gasteiger charge is 2.35. The molecule has 0 saturated carbocycles. The second-order valence-electron chi connectivity index (χ2n) is 12.8. The number of amides is 2. The minimum Gasteiger partial charge on any atom is -0.388 e. The molecule has 1 aliphatic heterocycles. The van der Waals surface area contributed by atoms with Crippen molar-refractivity contribution in [2.75, 3.05) is 19.6 Å². The number of carbonyl (C=O) groups excluding carboxylic acids is 2. The topological polar surface area (TPSA) is 117 Å². The molecule has 10 heteroatoms. The van der Waals surface area contributed by atoms with E-state index in [4.69, 9.17) is 16.6 Å². The number of halogens is 1. The summed E-state index contributed by atoms with van der Waals surface area (Å²) in [5.74, 6) is -0.330. The summed E-state index contributed by atoms with van der Waals surface area (Å²) in [7, 11) is 0. The standard InChI is InChI=1S/C35H40ClN5O4/c1-22-9-11-27-29(18-22)38-21-41(34(27)44)20-35(45)13-16-40(17-14-35)33(43)23(2)6-5-15-37-32(42)24-10-12-26-30(19-24)39-28-8-4-3-7-25(28)31(26)36/h9-12,18-19,21,23,45H,3-8,13-17,20H2,1-2H3,(H,37,42). The van der Waals surface area contributed by atoms with Crippen LogP contribution in [0.2, 0.25) is 5.02 Å². The molecule has 0 bridgehead atoms. The molecule has 1 fully saturated rings. The highest BCUT2D eigenvalue weighted by atomic mass is 35.5. The van der Waals surface area contributed by atoms with Crippen LogP contribution in [0.15, 0.2) is 47.5 Å². The van der Waals surface area contributed by atoms with Crippen LogP contribution in [0.4, 0.5) is 0 Å². The van der Waals surface area contributed by atoms with E-state index in [-0.39, 0.29) is 29.8 Å². The first-order valence-electron chi connectivity index (χ1n) is 16.0. The van der Waals surface area contributed by atoms with Crippen molar-refractivity contribution < 1.29 is 14.7 Å². The molecule has 2 aliphatic rings. The molecule has 45 heavy (non-hydrogen) atoms. The number of pyridine rings is 1. The van der Waals surface area contributed by atoms with Crippen molar-refractivity contribution in [3.8, 4) is 0 Å². The molecule has 1 aliphatic carbocycles. The van der Waals surface area contributed by atoms with Gasteiger partial charge in [0.2, 0.25) is 5.91 Å². The van der Waals surface area contributed by atoms with Crippen LogP contribution in [-0.4, -0.2) is 61.6 Å². The molecule has 1 saturated heterocycles.